The van der Waals surface area contributed by atoms with Crippen molar-refractivity contribution in [2.24, 2.45) is 0 Å². The Balaban J connectivity index is 2.29. The van der Waals surface area contributed by atoms with Crippen molar-refractivity contribution in [3.05, 3.63) is 33.9 Å². The highest BCUT2D eigenvalue weighted by Crippen LogP contribution is 2.22. The number of H-pyrrole nitrogens is 1. The molecular formula is C12H15N5OS. The Labute approximate surface area is 114 Å². The van der Waals surface area contributed by atoms with Crippen molar-refractivity contribution >= 4 is 17.7 Å². The average Bonchev–Trinajstić information content (AvgIpc) is 2.26. The van der Waals surface area contributed by atoms with Gasteiger partial charge in [0.15, 0.2) is 5.16 Å². The van der Waals surface area contributed by atoms with Crippen LogP contribution in [0.1, 0.15) is 24.7 Å². The number of nitrogens with zero attached hydrogens (tertiary/aromatic N) is 3. The first-order valence-corrected chi connectivity index (χ1v) is 6.77. The minimum Gasteiger partial charge on any atom is -0.368 e. The van der Waals surface area contributed by atoms with Crippen molar-refractivity contribution in [2.45, 2.75) is 36.9 Å². The Morgan fingerprint density at radius 3 is 2.79 bits per heavy atom. The van der Waals surface area contributed by atoms with Crippen molar-refractivity contribution in [3.8, 4) is 0 Å². The Morgan fingerprint density at radius 2 is 2.11 bits per heavy atom. The van der Waals surface area contributed by atoms with E-state index in [0.717, 1.165) is 24.2 Å². The molecule has 2 heterocycles. The third kappa shape index (κ3) is 3.78. The molecule has 0 spiro atoms. The van der Waals surface area contributed by atoms with Gasteiger partial charge in [-0.2, -0.15) is 0 Å². The first-order valence-electron chi connectivity index (χ1n) is 5.96. The molecular weight excluding hydrogens is 262 g/mol. The summed E-state index contributed by atoms with van der Waals surface area (Å²) in [6, 6.07) is 3.32. The molecule has 0 bridgehead atoms. The van der Waals surface area contributed by atoms with Gasteiger partial charge in [-0.3, -0.25) is 4.79 Å². The van der Waals surface area contributed by atoms with E-state index in [1.54, 1.807) is 6.07 Å². The number of aryl methyl sites for hydroxylation is 2. The number of nitrogen functional groups attached to an aromatic ring is 1. The van der Waals surface area contributed by atoms with Gasteiger partial charge in [-0.1, -0.05) is 13.3 Å². The maximum absolute atomic E-state index is 11.5. The molecule has 0 radical (unpaired) electrons. The van der Waals surface area contributed by atoms with Crippen LogP contribution in [0.15, 0.2) is 27.1 Å². The Hall–Kier alpha value is -1.89. The van der Waals surface area contributed by atoms with Crippen LogP contribution in [0.25, 0.3) is 0 Å². The molecule has 0 aliphatic carbocycles. The molecule has 0 amide bonds. The number of nitrogens with one attached hydrogen (secondary N) is 1. The third-order valence-corrected chi connectivity index (χ3v) is 3.13. The molecule has 19 heavy (non-hydrogen) atoms. The topological polar surface area (TPSA) is 97.5 Å². The van der Waals surface area contributed by atoms with Gasteiger partial charge in [-0.05, 0) is 31.2 Å². The highest BCUT2D eigenvalue weighted by molar-refractivity contribution is 7.99. The lowest BCUT2D eigenvalue weighted by Gasteiger charge is -2.04. The fourth-order valence-corrected chi connectivity index (χ4v) is 2.51. The second kappa shape index (κ2) is 5.83. The van der Waals surface area contributed by atoms with Gasteiger partial charge in [0.05, 0.1) is 0 Å². The van der Waals surface area contributed by atoms with Crippen LogP contribution >= 0.6 is 11.8 Å². The molecule has 0 unspecified atom stereocenters. The van der Waals surface area contributed by atoms with Gasteiger partial charge < -0.3 is 10.7 Å². The summed E-state index contributed by atoms with van der Waals surface area (Å²) in [6.45, 7) is 3.88. The van der Waals surface area contributed by atoms with Crippen LogP contribution in [0.3, 0.4) is 0 Å². The van der Waals surface area contributed by atoms with Gasteiger partial charge in [-0.15, -0.1) is 0 Å². The van der Waals surface area contributed by atoms with Gasteiger partial charge in [0.2, 0.25) is 5.95 Å². The summed E-state index contributed by atoms with van der Waals surface area (Å²) in [4.78, 5) is 26.7. The summed E-state index contributed by atoms with van der Waals surface area (Å²) in [7, 11) is 0. The van der Waals surface area contributed by atoms with E-state index in [9.17, 15) is 4.79 Å². The van der Waals surface area contributed by atoms with Crippen LogP contribution in [-0.4, -0.2) is 19.9 Å². The van der Waals surface area contributed by atoms with Crippen LogP contribution in [0.5, 0.6) is 0 Å². The number of aromatic amines is 1. The molecule has 0 atom stereocenters. The lowest BCUT2D eigenvalue weighted by atomic mass is 10.2. The molecule has 6 nitrogen and oxygen atoms in total. The fourth-order valence-electron chi connectivity index (χ4n) is 1.63. The molecule has 0 aliphatic rings. The summed E-state index contributed by atoms with van der Waals surface area (Å²) in [6.07, 6.45) is 1.72. The largest absolute Gasteiger partial charge is 0.368 e. The van der Waals surface area contributed by atoms with Crippen LogP contribution in [0.2, 0.25) is 0 Å². The van der Waals surface area contributed by atoms with E-state index < -0.39 is 0 Å². The van der Waals surface area contributed by atoms with Crippen molar-refractivity contribution in [2.75, 3.05) is 5.73 Å². The number of hydrogen-bond donors (Lipinski definition) is 2. The summed E-state index contributed by atoms with van der Waals surface area (Å²) in [5.74, 6) is 0.217. The minimum absolute atomic E-state index is 0.153. The van der Waals surface area contributed by atoms with E-state index in [-0.39, 0.29) is 11.5 Å². The standard InChI is InChI=1S/C12H15N5OS/c1-3-4-8-6-9(18)16-12(15-8)19-10-5-7(2)14-11(13)17-10/h5-6H,3-4H2,1-2H3,(H2,13,14,17)(H,15,16,18). The molecule has 2 rings (SSSR count). The van der Waals surface area contributed by atoms with Gasteiger partial charge in [0, 0.05) is 17.5 Å². The minimum atomic E-state index is -0.153. The molecule has 0 aromatic carbocycles. The molecule has 0 aliphatic heterocycles. The fraction of sp³-hybridized carbons (Fsp3) is 0.333. The van der Waals surface area contributed by atoms with Gasteiger partial charge in [0.1, 0.15) is 5.03 Å². The highest BCUT2D eigenvalue weighted by atomic mass is 32.2. The van der Waals surface area contributed by atoms with Gasteiger partial charge in [0.25, 0.3) is 5.56 Å². The maximum atomic E-state index is 11.5. The number of rotatable bonds is 4. The lowest BCUT2D eigenvalue weighted by Crippen LogP contribution is -2.10. The molecule has 2 aromatic heterocycles. The SMILES string of the molecule is CCCc1cc(=O)[nH]c(Sc2cc(C)nc(N)n2)n1. The van der Waals surface area contributed by atoms with E-state index in [1.165, 1.54) is 17.8 Å². The zero-order chi connectivity index (χ0) is 13.8. The molecule has 7 heteroatoms. The first-order chi connectivity index (χ1) is 9.06. The van der Waals surface area contributed by atoms with Crippen LogP contribution < -0.4 is 11.3 Å². The zero-order valence-electron chi connectivity index (χ0n) is 10.8. The number of nitrogens with two attached hydrogens (primary N) is 1. The number of aromatic nitrogens is 4. The van der Waals surface area contributed by atoms with Crippen molar-refractivity contribution < 1.29 is 0 Å². The van der Waals surface area contributed by atoms with Crippen molar-refractivity contribution in [1.82, 2.24) is 19.9 Å². The van der Waals surface area contributed by atoms with E-state index in [0.29, 0.717) is 10.2 Å². The monoisotopic (exact) mass is 277 g/mol. The lowest BCUT2D eigenvalue weighted by molar-refractivity contribution is 0.814. The van der Waals surface area contributed by atoms with E-state index in [1.807, 2.05) is 13.8 Å². The molecule has 2 aromatic rings. The summed E-state index contributed by atoms with van der Waals surface area (Å²) >= 11 is 1.27. The van der Waals surface area contributed by atoms with Crippen molar-refractivity contribution in [3.63, 3.8) is 0 Å². The predicted octanol–water partition coefficient (Wildman–Crippen LogP) is 1.55. The Kier molecular flexibility index (Phi) is 4.16. The zero-order valence-corrected chi connectivity index (χ0v) is 11.6. The van der Waals surface area contributed by atoms with E-state index in [2.05, 4.69) is 19.9 Å². The summed E-state index contributed by atoms with van der Waals surface area (Å²) in [5.41, 5.74) is 7.00. The van der Waals surface area contributed by atoms with Crippen LogP contribution in [0, 0.1) is 6.92 Å². The predicted molar refractivity (Wildman–Crippen MR) is 74.2 cm³/mol. The second-order valence-electron chi connectivity index (χ2n) is 4.10. The molecule has 0 saturated heterocycles. The van der Waals surface area contributed by atoms with Crippen LogP contribution in [0.4, 0.5) is 5.95 Å². The van der Waals surface area contributed by atoms with Gasteiger partial charge in [-0.25, -0.2) is 15.0 Å². The van der Waals surface area contributed by atoms with E-state index in [4.69, 9.17) is 5.73 Å². The second-order valence-corrected chi connectivity index (χ2v) is 5.11. The molecule has 100 valence electrons. The first kappa shape index (κ1) is 13.5. The Bertz CT molecular complexity index is 620. The Morgan fingerprint density at radius 1 is 1.32 bits per heavy atom. The third-order valence-electron chi connectivity index (χ3n) is 2.33. The quantitative estimate of drug-likeness (QED) is 0.650. The maximum Gasteiger partial charge on any atom is 0.251 e. The summed E-state index contributed by atoms with van der Waals surface area (Å²) < 4.78 is 0. The van der Waals surface area contributed by atoms with Crippen LogP contribution in [-0.2, 0) is 6.42 Å². The highest BCUT2D eigenvalue weighted by Gasteiger charge is 2.06. The normalized spacial score (nSPS) is 10.6. The molecule has 0 saturated carbocycles. The summed E-state index contributed by atoms with van der Waals surface area (Å²) in [5, 5.41) is 1.19. The number of anilines is 1. The molecule has 0 fully saturated rings. The smallest absolute Gasteiger partial charge is 0.251 e. The molecule has 3 N–H and O–H groups in total. The van der Waals surface area contributed by atoms with E-state index >= 15 is 0 Å². The van der Waals surface area contributed by atoms with Gasteiger partial charge >= 0.3 is 0 Å². The van der Waals surface area contributed by atoms with Crippen molar-refractivity contribution in [1.29, 1.82) is 0 Å². The average molecular weight is 277 g/mol. The number of hydrogen-bond acceptors (Lipinski definition) is 6.